The van der Waals surface area contributed by atoms with Crippen molar-refractivity contribution in [3.05, 3.63) is 29.8 Å². The van der Waals surface area contributed by atoms with Crippen LogP contribution in [0.4, 0.5) is 5.69 Å². The zero-order valence-corrected chi connectivity index (χ0v) is 12.8. The van der Waals surface area contributed by atoms with Gasteiger partial charge in [0.2, 0.25) is 5.91 Å². The number of hydrogen-bond acceptors (Lipinski definition) is 4. The van der Waals surface area contributed by atoms with E-state index in [-0.39, 0.29) is 23.9 Å². The summed E-state index contributed by atoms with van der Waals surface area (Å²) in [6, 6.07) is 7.21. The molecule has 2 heterocycles. The van der Waals surface area contributed by atoms with Crippen molar-refractivity contribution in [3.63, 3.8) is 0 Å². The van der Waals surface area contributed by atoms with Crippen molar-refractivity contribution in [1.29, 1.82) is 0 Å². The van der Waals surface area contributed by atoms with E-state index in [0.717, 1.165) is 32.4 Å². The van der Waals surface area contributed by atoms with Gasteiger partial charge >= 0.3 is 0 Å². The standard InChI is InChI=1S/C16H22N4O2/c1-11-9-14(19-18-11)15(21)17-13-6-4-5-12(10-13)16(22)20-7-2-3-8-20/h4-6,10-11,14,18-19H,2-3,7-9H2,1H3,(H,17,21). The van der Waals surface area contributed by atoms with E-state index in [0.29, 0.717) is 11.3 Å². The van der Waals surface area contributed by atoms with Crippen LogP contribution < -0.4 is 16.2 Å². The van der Waals surface area contributed by atoms with Gasteiger partial charge in [0.25, 0.3) is 5.91 Å². The van der Waals surface area contributed by atoms with E-state index < -0.39 is 0 Å². The molecule has 0 saturated carbocycles. The molecule has 1 aromatic rings. The van der Waals surface area contributed by atoms with Crippen LogP contribution in [-0.4, -0.2) is 41.9 Å². The van der Waals surface area contributed by atoms with Crippen LogP contribution in [0.25, 0.3) is 0 Å². The lowest BCUT2D eigenvalue weighted by Crippen LogP contribution is -2.40. The fourth-order valence-electron chi connectivity index (χ4n) is 2.95. The van der Waals surface area contributed by atoms with Crippen LogP contribution in [0, 0.1) is 0 Å². The van der Waals surface area contributed by atoms with Gasteiger partial charge < -0.3 is 10.2 Å². The van der Waals surface area contributed by atoms with Crippen LogP contribution >= 0.6 is 0 Å². The molecule has 22 heavy (non-hydrogen) atoms. The number of nitrogens with one attached hydrogen (secondary N) is 3. The molecule has 6 nitrogen and oxygen atoms in total. The summed E-state index contributed by atoms with van der Waals surface area (Å²) in [5.74, 6) is -0.0366. The molecule has 0 bridgehead atoms. The maximum absolute atomic E-state index is 12.4. The van der Waals surface area contributed by atoms with Gasteiger partial charge in [-0.05, 0) is 44.4 Å². The first kappa shape index (κ1) is 15.0. The molecule has 2 amide bonds. The minimum Gasteiger partial charge on any atom is -0.339 e. The average molecular weight is 302 g/mol. The minimum absolute atomic E-state index is 0.0443. The second-order valence-electron chi connectivity index (χ2n) is 6.05. The Morgan fingerprint density at radius 1 is 1.23 bits per heavy atom. The zero-order valence-electron chi connectivity index (χ0n) is 12.8. The first-order chi connectivity index (χ1) is 10.6. The number of rotatable bonds is 3. The summed E-state index contributed by atoms with van der Waals surface area (Å²) in [5, 5.41) is 2.88. The van der Waals surface area contributed by atoms with E-state index >= 15 is 0 Å². The second-order valence-corrected chi connectivity index (χ2v) is 6.05. The maximum atomic E-state index is 12.4. The van der Waals surface area contributed by atoms with Crippen LogP contribution in [0.5, 0.6) is 0 Å². The third-order valence-corrected chi connectivity index (χ3v) is 4.18. The summed E-state index contributed by atoms with van der Waals surface area (Å²) in [7, 11) is 0. The normalized spacial score (nSPS) is 24.5. The van der Waals surface area contributed by atoms with Gasteiger partial charge in [0.1, 0.15) is 6.04 Å². The number of hydrazine groups is 1. The van der Waals surface area contributed by atoms with Crippen LogP contribution in [-0.2, 0) is 4.79 Å². The van der Waals surface area contributed by atoms with E-state index in [1.54, 1.807) is 12.1 Å². The molecule has 0 radical (unpaired) electrons. The Balaban J connectivity index is 1.66. The summed E-state index contributed by atoms with van der Waals surface area (Å²) in [6.45, 7) is 3.67. The molecule has 3 rings (SSSR count). The van der Waals surface area contributed by atoms with Crippen molar-refractivity contribution in [2.45, 2.75) is 38.3 Å². The van der Waals surface area contributed by atoms with Crippen molar-refractivity contribution >= 4 is 17.5 Å². The Morgan fingerprint density at radius 3 is 2.68 bits per heavy atom. The van der Waals surface area contributed by atoms with Crippen molar-refractivity contribution < 1.29 is 9.59 Å². The first-order valence-electron chi connectivity index (χ1n) is 7.85. The maximum Gasteiger partial charge on any atom is 0.253 e. The molecule has 1 aromatic carbocycles. The zero-order chi connectivity index (χ0) is 15.5. The van der Waals surface area contributed by atoms with E-state index in [9.17, 15) is 9.59 Å². The summed E-state index contributed by atoms with van der Waals surface area (Å²) < 4.78 is 0. The van der Waals surface area contributed by atoms with Gasteiger partial charge in [-0.1, -0.05) is 6.07 Å². The second kappa shape index (κ2) is 6.46. The third kappa shape index (κ3) is 3.28. The van der Waals surface area contributed by atoms with Crippen LogP contribution in [0.3, 0.4) is 0 Å². The van der Waals surface area contributed by atoms with Gasteiger partial charge in [0, 0.05) is 30.4 Å². The quantitative estimate of drug-likeness (QED) is 0.782. The molecule has 118 valence electrons. The fraction of sp³-hybridized carbons (Fsp3) is 0.500. The van der Waals surface area contributed by atoms with Crippen LogP contribution in [0.2, 0.25) is 0 Å². The molecule has 2 saturated heterocycles. The number of carbonyl (C=O) groups is 2. The summed E-state index contributed by atoms with van der Waals surface area (Å²) in [6.07, 6.45) is 2.89. The predicted molar refractivity (Wildman–Crippen MR) is 84.3 cm³/mol. The summed E-state index contributed by atoms with van der Waals surface area (Å²) in [5.41, 5.74) is 7.30. The highest BCUT2D eigenvalue weighted by Crippen LogP contribution is 2.17. The number of hydrogen-bond donors (Lipinski definition) is 3. The summed E-state index contributed by atoms with van der Waals surface area (Å²) in [4.78, 5) is 26.4. The SMILES string of the molecule is CC1CC(C(=O)Nc2cccc(C(=O)N3CCCC3)c2)NN1. The van der Waals surface area contributed by atoms with Crippen molar-refractivity contribution in [3.8, 4) is 0 Å². The fourth-order valence-corrected chi connectivity index (χ4v) is 2.95. The molecular weight excluding hydrogens is 280 g/mol. The van der Waals surface area contributed by atoms with Gasteiger partial charge in [0.15, 0.2) is 0 Å². The molecule has 6 heteroatoms. The van der Waals surface area contributed by atoms with Gasteiger partial charge in [-0.25, -0.2) is 5.43 Å². The Morgan fingerprint density at radius 2 is 2.00 bits per heavy atom. The monoisotopic (exact) mass is 302 g/mol. The lowest BCUT2D eigenvalue weighted by Gasteiger charge is -2.16. The van der Waals surface area contributed by atoms with Crippen molar-refractivity contribution in [1.82, 2.24) is 15.8 Å². The van der Waals surface area contributed by atoms with Gasteiger partial charge in [0.05, 0.1) is 0 Å². The topological polar surface area (TPSA) is 73.5 Å². The van der Waals surface area contributed by atoms with E-state index in [4.69, 9.17) is 0 Å². The highest BCUT2D eigenvalue weighted by molar-refractivity contribution is 5.98. The van der Waals surface area contributed by atoms with E-state index in [1.807, 2.05) is 24.0 Å². The molecule has 2 unspecified atom stereocenters. The lowest BCUT2D eigenvalue weighted by atomic mass is 10.1. The Bertz CT molecular complexity index is 569. The molecule has 0 spiro atoms. The minimum atomic E-state index is -0.243. The Hall–Kier alpha value is -1.92. The number of anilines is 1. The molecule has 3 N–H and O–H groups in total. The highest BCUT2D eigenvalue weighted by Gasteiger charge is 2.26. The Labute approximate surface area is 130 Å². The van der Waals surface area contributed by atoms with Gasteiger partial charge in [-0.2, -0.15) is 0 Å². The molecule has 2 fully saturated rings. The molecule has 2 aliphatic heterocycles. The molecular formula is C16H22N4O2. The van der Waals surface area contributed by atoms with E-state index in [2.05, 4.69) is 16.2 Å². The van der Waals surface area contributed by atoms with Gasteiger partial charge in [-0.15, -0.1) is 0 Å². The molecule has 0 aliphatic carbocycles. The predicted octanol–water partition coefficient (Wildman–Crippen LogP) is 1.12. The first-order valence-corrected chi connectivity index (χ1v) is 7.85. The molecule has 2 aliphatic rings. The lowest BCUT2D eigenvalue weighted by molar-refractivity contribution is -0.117. The third-order valence-electron chi connectivity index (χ3n) is 4.18. The van der Waals surface area contributed by atoms with Crippen molar-refractivity contribution in [2.75, 3.05) is 18.4 Å². The van der Waals surface area contributed by atoms with E-state index in [1.165, 1.54) is 0 Å². The number of amides is 2. The summed E-state index contributed by atoms with van der Waals surface area (Å²) >= 11 is 0. The largest absolute Gasteiger partial charge is 0.339 e. The Kier molecular flexibility index (Phi) is 4.40. The smallest absolute Gasteiger partial charge is 0.253 e. The van der Waals surface area contributed by atoms with Gasteiger partial charge in [-0.3, -0.25) is 15.0 Å². The average Bonchev–Trinajstić information content (AvgIpc) is 3.18. The van der Waals surface area contributed by atoms with Crippen LogP contribution in [0.1, 0.15) is 36.5 Å². The number of benzene rings is 1. The molecule has 0 aromatic heterocycles. The highest BCUT2D eigenvalue weighted by atomic mass is 16.2. The molecule has 2 atom stereocenters. The van der Waals surface area contributed by atoms with Crippen LogP contribution in [0.15, 0.2) is 24.3 Å². The number of likely N-dealkylation sites (tertiary alicyclic amines) is 1. The van der Waals surface area contributed by atoms with Crippen molar-refractivity contribution in [2.24, 2.45) is 0 Å². The number of nitrogens with zero attached hydrogens (tertiary/aromatic N) is 1. The number of carbonyl (C=O) groups excluding carboxylic acids is 2.